The van der Waals surface area contributed by atoms with Gasteiger partial charge in [-0.3, -0.25) is 14.4 Å². The molecule has 5 aromatic carbocycles. The van der Waals surface area contributed by atoms with Crippen molar-refractivity contribution < 1.29 is 42.8 Å². The van der Waals surface area contributed by atoms with Gasteiger partial charge in [0, 0.05) is 73.8 Å². The molecule has 0 fully saturated rings. The molecule has 70 heavy (non-hydrogen) atoms. The lowest BCUT2D eigenvalue weighted by atomic mass is 9.98. The number of rotatable bonds is 22. The van der Waals surface area contributed by atoms with E-state index >= 15 is 0 Å². The zero-order valence-corrected chi connectivity index (χ0v) is 41.2. The van der Waals surface area contributed by atoms with Gasteiger partial charge in [-0.25, -0.2) is 0 Å². The van der Waals surface area contributed by atoms with Gasteiger partial charge in [0.1, 0.15) is 24.7 Å². The van der Waals surface area contributed by atoms with Crippen LogP contribution in [0.15, 0.2) is 91.0 Å². The van der Waals surface area contributed by atoms with Crippen LogP contribution in [-0.2, 0) is 51.5 Å². The van der Waals surface area contributed by atoms with E-state index in [0.717, 1.165) is 81.9 Å². The lowest BCUT2D eigenvalue weighted by Crippen LogP contribution is -2.44. The summed E-state index contributed by atoms with van der Waals surface area (Å²) in [6.45, 7) is 10.1. The zero-order chi connectivity index (χ0) is 48.7. The molecule has 3 atom stereocenters. The highest BCUT2D eigenvalue weighted by Crippen LogP contribution is 2.43. The smallest absolute Gasteiger partial charge is 0.260 e. The van der Waals surface area contributed by atoms with Crippen molar-refractivity contribution in [1.82, 2.24) is 0 Å². The Morgan fingerprint density at radius 3 is 2.11 bits per heavy atom. The second-order valence-electron chi connectivity index (χ2n) is 18.8. The van der Waals surface area contributed by atoms with Crippen molar-refractivity contribution in [2.24, 2.45) is 0 Å². The number of anilines is 4. The van der Waals surface area contributed by atoms with Crippen molar-refractivity contribution in [3.8, 4) is 17.2 Å². The fourth-order valence-electron chi connectivity index (χ4n) is 10.5. The number of carbonyl (C=O) groups is 3. The molecule has 4 aliphatic rings. The summed E-state index contributed by atoms with van der Waals surface area (Å²) in [6, 6.07) is 30.5. The Balaban J connectivity index is 0.981. The first-order chi connectivity index (χ1) is 34.1. The van der Waals surface area contributed by atoms with Gasteiger partial charge in [0.25, 0.3) is 11.8 Å². The molecule has 9 rings (SSSR count). The number of carbonyl (C=O) groups excluding carboxylic acids is 3. The van der Waals surface area contributed by atoms with Crippen LogP contribution < -0.4 is 34.2 Å². The first-order valence-corrected chi connectivity index (χ1v) is 24.9. The van der Waals surface area contributed by atoms with E-state index in [1.807, 2.05) is 66.1 Å². The lowest BCUT2D eigenvalue weighted by Gasteiger charge is -2.27. The summed E-state index contributed by atoms with van der Waals surface area (Å²) in [6.07, 6.45) is 4.98. The summed E-state index contributed by atoms with van der Waals surface area (Å²) in [4.78, 5) is 47.1. The van der Waals surface area contributed by atoms with Crippen molar-refractivity contribution >= 4 is 40.3 Å². The topological polar surface area (TPSA) is 128 Å². The number of para-hydroxylation sites is 2. The maximum atomic E-state index is 14.3. The Morgan fingerprint density at radius 2 is 1.39 bits per heavy atom. The van der Waals surface area contributed by atoms with Crippen molar-refractivity contribution in [1.29, 1.82) is 0 Å². The lowest BCUT2D eigenvalue weighted by molar-refractivity contribution is -0.118. The summed E-state index contributed by atoms with van der Waals surface area (Å²) in [7, 11) is 3.24. The fraction of sp³-hybridized carbons (Fsp3) is 0.421. The van der Waals surface area contributed by atoms with Crippen molar-refractivity contribution in [2.75, 3.05) is 80.4 Å². The molecule has 2 amide bonds. The van der Waals surface area contributed by atoms with Crippen molar-refractivity contribution in [3.63, 3.8) is 0 Å². The highest BCUT2D eigenvalue weighted by atomic mass is 16.5. The van der Waals surface area contributed by atoms with E-state index in [0.29, 0.717) is 88.1 Å². The molecule has 0 radical (unpaired) electrons. The standard InChI is InChI=1S/C57H66N4O9/c1-6-46(62)14-11-19-59(20-21-67-24-25-68-23-22-65-4)45-28-39(35-69-53-32-41-17-18-44-30-42-12-7-9-15-50(42)60(44)56(63)47(41)26-37(53)2)27-40(29-45)36-70-55-34-49-48(33-54(55)66-5)57(64)61-51-16-10-8-13-43(51)31-52(61)38(3)58-49/h7-10,12-13,15-16,26-29,32-34,38,44,52,58H,6,11,14,17-25,30-31,35-36H2,1-5H3/t38?,44-,52+/m1/s1. The van der Waals surface area contributed by atoms with E-state index in [1.165, 1.54) is 5.56 Å². The second kappa shape index (κ2) is 22.1. The molecule has 0 spiro atoms. The van der Waals surface area contributed by atoms with Gasteiger partial charge in [-0.05, 0) is 128 Å². The van der Waals surface area contributed by atoms with Crippen LogP contribution in [0.4, 0.5) is 22.7 Å². The SMILES string of the molecule is CCC(=O)CCCN(CCOCCOCCOC)c1cc(COc2cc3c(cc2C)C(=O)N2c4ccccc4C[C@H]2CC3)cc(COc2cc3c(cc2OC)C(=O)N2c4ccccc4C[C@H]2C(C)N3)c1. The maximum Gasteiger partial charge on any atom is 0.260 e. The predicted octanol–water partition coefficient (Wildman–Crippen LogP) is 9.31. The normalized spacial score (nSPS) is 17.6. The number of amides is 2. The van der Waals surface area contributed by atoms with E-state index < -0.39 is 0 Å². The third-order valence-corrected chi connectivity index (χ3v) is 14.2. The van der Waals surface area contributed by atoms with E-state index in [1.54, 1.807) is 20.3 Å². The second-order valence-corrected chi connectivity index (χ2v) is 18.8. The molecule has 4 aliphatic heterocycles. The maximum absolute atomic E-state index is 14.3. The van der Waals surface area contributed by atoms with Gasteiger partial charge in [0.05, 0.1) is 57.4 Å². The summed E-state index contributed by atoms with van der Waals surface area (Å²) in [5.74, 6) is 1.91. The molecule has 0 aromatic heterocycles. The Morgan fingerprint density at radius 1 is 0.714 bits per heavy atom. The number of hydrogen-bond donors (Lipinski definition) is 1. The van der Waals surface area contributed by atoms with Crippen LogP contribution in [0.3, 0.4) is 0 Å². The highest BCUT2D eigenvalue weighted by Gasteiger charge is 2.41. The molecule has 1 N–H and O–H groups in total. The highest BCUT2D eigenvalue weighted by molar-refractivity contribution is 6.12. The zero-order valence-electron chi connectivity index (χ0n) is 41.2. The molecular weight excluding hydrogens is 885 g/mol. The van der Waals surface area contributed by atoms with Gasteiger partial charge in [-0.15, -0.1) is 0 Å². The van der Waals surface area contributed by atoms with Gasteiger partial charge < -0.3 is 48.4 Å². The minimum absolute atomic E-state index is 0.0255. The van der Waals surface area contributed by atoms with Crippen LogP contribution in [-0.4, -0.2) is 96.1 Å². The number of ether oxygens (including phenoxy) is 6. The summed E-state index contributed by atoms with van der Waals surface area (Å²) in [5, 5.41) is 3.64. The van der Waals surface area contributed by atoms with Crippen LogP contribution >= 0.6 is 0 Å². The third-order valence-electron chi connectivity index (χ3n) is 14.2. The molecule has 13 heteroatoms. The molecule has 4 heterocycles. The van der Waals surface area contributed by atoms with E-state index in [4.69, 9.17) is 28.4 Å². The van der Waals surface area contributed by atoms with E-state index in [9.17, 15) is 14.4 Å². The fourth-order valence-corrected chi connectivity index (χ4v) is 10.5. The summed E-state index contributed by atoms with van der Waals surface area (Å²) >= 11 is 0. The average molecular weight is 951 g/mol. The van der Waals surface area contributed by atoms with E-state index in [2.05, 4.69) is 59.6 Å². The predicted molar refractivity (Wildman–Crippen MR) is 272 cm³/mol. The number of nitrogens with one attached hydrogen (secondary N) is 1. The number of nitrogens with zero attached hydrogens (tertiary/aromatic N) is 3. The molecule has 0 aliphatic carbocycles. The van der Waals surface area contributed by atoms with Gasteiger partial charge >= 0.3 is 0 Å². The van der Waals surface area contributed by atoms with Crippen molar-refractivity contribution in [3.05, 3.63) is 136 Å². The number of fused-ring (bicyclic) bond motifs is 8. The molecule has 13 nitrogen and oxygen atoms in total. The van der Waals surface area contributed by atoms with Crippen LogP contribution in [0.25, 0.3) is 0 Å². The number of benzene rings is 5. The summed E-state index contributed by atoms with van der Waals surface area (Å²) < 4.78 is 36.0. The molecule has 1 unspecified atom stereocenters. The Kier molecular flexibility index (Phi) is 15.4. The molecule has 0 saturated heterocycles. The Bertz CT molecular complexity index is 2700. The van der Waals surface area contributed by atoms with Crippen molar-refractivity contribution in [2.45, 2.75) is 97.1 Å². The minimum Gasteiger partial charge on any atom is -0.493 e. The largest absolute Gasteiger partial charge is 0.493 e. The average Bonchev–Trinajstić information content (AvgIpc) is 3.89. The molecular formula is C57H66N4O9. The molecule has 0 bridgehead atoms. The van der Waals surface area contributed by atoms with Gasteiger partial charge in [0.2, 0.25) is 0 Å². The summed E-state index contributed by atoms with van der Waals surface area (Å²) in [5.41, 5.74) is 11.0. The van der Waals surface area contributed by atoms with Crippen LogP contribution in [0, 0.1) is 6.92 Å². The van der Waals surface area contributed by atoms with Gasteiger partial charge in [-0.2, -0.15) is 0 Å². The number of ketones is 1. The Labute approximate surface area is 411 Å². The number of Topliss-reactive ketones (excluding diaryl/α,β-unsaturated/α-hetero) is 1. The van der Waals surface area contributed by atoms with Gasteiger partial charge in [-0.1, -0.05) is 43.3 Å². The molecule has 5 aromatic rings. The number of hydrogen-bond acceptors (Lipinski definition) is 11. The minimum atomic E-state index is -0.0743. The van der Waals surface area contributed by atoms with Crippen LogP contribution in [0.2, 0.25) is 0 Å². The third kappa shape index (κ3) is 10.5. The number of methoxy groups -OCH3 is 2. The van der Waals surface area contributed by atoms with E-state index in [-0.39, 0.29) is 48.9 Å². The van der Waals surface area contributed by atoms with Gasteiger partial charge in [0.15, 0.2) is 11.5 Å². The first kappa shape index (κ1) is 48.6. The molecule has 0 saturated carbocycles. The number of aryl methyl sites for hydroxylation is 2. The monoisotopic (exact) mass is 950 g/mol. The van der Waals surface area contributed by atoms with Crippen LogP contribution in [0.5, 0.6) is 17.2 Å². The first-order valence-electron chi connectivity index (χ1n) is 24.9. The van der Waals surface area contributed by atoms with Crippen LogP contribution in [0.1, 0.15) is 93.6 Å². The Hall–Kier alpha value is -6.41. The quantitative estimate of drug-likeness (QED) is 0.0667. The molecule has 368 valence electrons.